The van der Waals surface area contributed by atoms with Crippen LogP contribution in [0.15, 0.2) is 0 Å². The highest BCUT2D eigenvalue weighted by molar-refractivity contribution is 4.96. The molecule has 4 nitrogen and oxygen atoms in total. The number of rotatable bonds is 7. The predicted molar refractivity (Wildman–Crippen MR) is 73.3 cm³/mol. The summed E-state index contributed by atoms with van der Waals surface area (Å²) < 4.78 is 0. The lowest BCUT2D eigenvalue weighted by Gasteiger charge is -2.26. The van der Waals surface area contributed by atoms with Crippen molar-refractivity contribution in [2.24, 2.45) is 0 Å². The molecule has 2 unspecified atom stereocenters. The predicted octanol–water partition coefficient (Wildman–Crippen LogP) is 1.05. The Morgan fingerprint density at radius 1 is 1.44 bits per heavy atom. The molecule has 1 aliphatic carbocycles. The van der Waals surface area contributed by atoms with Crippen molar-refractivity contribution >= 4 is 0 Å². The summed E-state index contributed by atoms with van der Waals surface area (Å²) in [6.07, 6.45) is 6.10. The summed E-state index contributed by atoms with van der Waals surface area (Å²) in [5, 5.41) is 12.5. The maximum Gasteiger partial charge on any atom is 0.0967 e. The lowest BCUT2D eigenvalue weighted by molar-refractivity contribution is 0.216. The van der Waals surface area contributed by atoms with E-state index in [1.807, 2.05) is 0 Å². The second-order valence-corrected chi connectivity index (χ2v) is 5.95. The summed E-state index contributed by atoms with van der Waals surface area (Å²) in [6, 6.07) is 3.77. The van der Waals surface area contributed by atoms with Gasteiger partial charge in [0.1, 0.15) is 0 Å². The van der Waals surface area contributed by atoms with Crippen LogP contribution in [0.25, 0.3) is 0 Å². The monoisotopic (exact) mass is 250 g/mol. The van der Waals surface area contributed by atoms with Crippen LogP contribution in [-0.2, 0) is 0 Å². The molecule has 0 aromatic rings. The number of likely N-dealkylation sites (tertiary alicyclic amines) is 1. The molecule has 0 amide bonds. The minimum absolute atomic E-state index is 0.0428. The number of likely N-dealkylation sites (N-methyl/N-ethyl adjacent to an activating group) is 2. The second-order valence-electron chi connectivity index (χ2n) is 5.95. The van der Waals surface area contributed by atoms with E-state index < -0.39 is 0 Å². The summed E-state index contributed by atoms with van der Waals surface area (Å²) >= 11 is 0. The summed E-state index contributed by atoms with van der Waals surface area (Å²) in [7, 11) is 4.40. The molecule has 0 aromatic heterocycles. The zero-order valence-electron chi connectivity index (χ0n) is 11.7. The van der Waals surface area contributed by atoms with Crippen molar-refractivity contribution in [1.29, 1.82) is 5.26 Å². The first-order valence-electron chi connectivity index (χ1n) is 7.23. The number of nitrogens with zero attached hydrogens (tertiary/aromatic N) is 3. The highest BCUT2D eigenvalue weighted by Crippen LogP contribution is 2.20. The summed E-state index contributed by atoms with van der Waals surface area (Å²) in [5.74, 6) is 0. The Bertz CT molecular complexity index is 295. The molecular formula is C14H26N4. The van der Waals surface area contributed by atoms with E-state index in [1.165, 1.54) is 32.2 Å². The molecule has 1 N–H and O–H groups in total. The van der Waals surface area contributed by atoms with Gasteiger partial charge < -0.3 is 9.80 Å². The van der Waals surface area contributed by atoms with E-state index in [4.69, 9.17) is 5.26 Å². The molecule has 1 aliphatic heterocycles. The smallest absolute Gasteiger partial charge is 0.0967 e. The molecule has 18 heavy (non-hydrogen) atoms. The fourth-order valence-electron chi connectivity index (χ4n) is 2.73. The normalized spacial score (nSPS) is 26.4. The minimum Gasteiger partial charge on any atom is -0.305 e. The van der Waals surface area contributed by atoms with Gasteiger partial charge >= 0.3 is 0 Å². The van der Waals surface area contributed by atoms with Gasteiger partial charge in [-0.3, -0.25) is 5.32 Å². The van der Waals surface area contributed by atoms with Crippen LogP contribution in [0.5, 0.6) is 0 Å². The summed E-state index contributed by atoms with van der Waals surface area (Å²) in [6.45, 7) is 3.39. The number of hydrogen-bond acceptors (Lipinski definition) is 4. The Hall–Kier alpha value is -0.630. The lowest BCUT2D eigenvalue weighted by atomic mass is 10.2. The molecule has 2 rings (SSSR count). The highest BCUT2D eigenvalue weighted by Gasteiger charge is 2.25. The van der Waals surface area contributed by atoms with Gasteiger partial charge in [0.05, 0.1) is 12.1 Å². The van der Waals surface area contributed by atoms with E-state index >= 15 is 0 Å². The van der Waals surface area contributed by atoms with Crippen LogP contribution in [-0.4, -0.2) is 61.7 Å². The Morgan fingerprint density at radius 3 is 2.78 bits per heavy atom. The molecule has 2 fully saturated rings. The molecule has 0 bridgehead atoms. The zero-order chi connectivity index (χ0) is 13.0. The number of hydrogen-bond donors (Lipinski definition) is 1. The van der Waals surface area contributed by atoms with Gasteiger partial charge in [-0.2, -0.15) is 5.26 Å². The van der Waals surface area contributed by atoms with Crippen molar-refractivity contribution in [3.8, 4) is 6.07 Å². The fraction of sp³-hybridized carbons (Fsp3) is 0.929. The van der Waals surface area contributed by atoms with Gasteiger partial charge in [-0.15, -0.1) is 0 Å². The van der Waals surface area contributed by atoms with Gasteiger partial charge in [0.15, 0.2) is 0 Å². The molecule has 2 aliphatic rings. The van der Waals surface area contributed by atoms with Crippen LogP contribution >= 0.6 is 0 Å². The summed E-state index contributed by atoms with van der Waals surface area (Å²) in [4.78, 5) is 4.84. The van der Waals surface area contributed by atoms with Crippen molar-refractivity contribution in [1.82, 2.24) is 15.1 Å². The van der Waals surface area contributed by atoms with Gasteiger partial charge in [0, 0.05) is 25.2 Å². The largest absolute Gasteiger partial charge is 0.305 e. The van der Waals surface area contributed by atoms with Crippen LogP contribution in [0.3, 0.4) is 0 Å². The third-order valence-corrected chi connectivity index (χ3v) is 4.16. The van der Waals surface area contributed by atoms with Gasteiger partial charge in [0.25, 0.3) is 0 Å². The van der Waals surface area contributed by atoms with Crippen LogP contribution in [0.1, 0.15) is 32.1 Å². The van der Waals surface area contributed by atoms with Gasteiger partial charge in [0.2, 0.25) is 0 Å². The molecule has 2 atom stereocenters. The fourth-order valence-corrected chi connectivity index (χ4v) is 2.73. The topological polar surface area (TPSA) is 42.3 Å². The zero-order valence-corrected chi connectivity index (χ0v) is 11.7. The number of nitriles is 1. The Kier molecular flexibility index (Phi) is 4.99. The van der Waals surface area contributed by atoms with Crippen LogP contribution < -0.4 is 5.32 Å². The second kappa shape index (κ2) is 6.51. The third kappa shape index (κ3) is 4.24. The van der Waals surface area contributed by atoms with E-state index in [-0.39, 0.29) is 6.04 Å². The van der Waals surface area contributed by atoms with Crippen molar-refractivity contribution in [2.75, 3.05) is 33.7 Å². The first-order valence-corrected chi connectivity index (χ1v) is 7.23. The molecule has 0 radical (unpaired) electrons. The molecular weight excluding hydrogens is 224 g/mol. The third-order valence-electron chi connectivity index (χ3n) is 4.16. The minimum atomic E-state index is 0.0428. The van der Waals surface area contributed by atoms with Crippen LogP contribution in [0, 0.1) is 11.3 Å². The Labute approximate surface area is 111 Å². The average molecular weight is 250 g/mol. The van der Waals surface area contributed by atoms with E-state index in [2.05, 4.69) is 35.3 Å². The van der Waals surface area contributed by atoms with E-state index in [0.717, 1.165) is 19.5 Å². The molecule has 4 heteroatoms. The maximum absolute atomic E-state index is 9.10. The van der Waals surface area contributed by atoms with Crippen LogP contribution in [0.4, 0.5) is 0 Å². The first kappa shape index (κ1) is 13.8. The maximum atomic E-state index is 9.10. The molecule has 1 saturated carbocycles. The molecule has 102 valence electrons. The van der Waals surface area contributed by atoms with Crippen molar-refractivity contribution in [3.05, 3.63) is 0 Å². The molecule has 1 heterocycles. The Balaban J connectivity index is 1.63. The van der Waals surface area contributed by atoms with Crippen molar-refractivity contribution < 1.29 is 0 Å². The highest BCUT2D eigenvalue weighted by atomic mass is 15.2. The SMILES string of the molecule is CN(CCC(C#N)NC1CC1)CC1CCCN1C. The average Bonchev–Trinajstić information content (AvgIpc) is 3.09. The Morgan fingerprint density at radius 2 is 2.22 bits per heavy atom. The van der Waals surface area contributed by atoms with Crippen molar-refractivity contribution in [3.63, 3.8) is 0 Å². The summed E-state index contributed by atoms with van der Waals surface area (Å²) in [5.41, 5.74) is 0. The van der Waals surface area contributed by atoms with Crippen molar-refractivity contribution in [2.45, 2.75) is 50.2 Å². The quantitative estimate of drug-likeness (QED) is 0.733. The molecule has 1 saturated heterocycles. The standard InChI is InChI=1S/C14H26N4/c1-17(11-14-4-3-8-18(14)2)9-7-13(10-15)16-12-5-6-12/h12-14,16H,3-9,11H2,1-2H3. The van der Waals surface area contributed by atoms with Gasteiger partial charge in [-0.05, 0) is 52.7 Å². The van der Waals surface area contributed by atoms with E-state index in [0.29, 0.717) is 12.1 Å². The van der Waals surface area contributed by atoms with Gasteiger partial charge in [-0.1, -0.05) is 0 Å². The molecule has 0 aromatic carbocycles. The van der Waals surface area contributed by atoms with E-state index in [9.17, 15) is 0 Å². The van der Waals surface area contributed by atoms with Gasteiger partial charge in [-0.25, -0.2) is 0 Å². The molecule has 0 spiro atoms. The van der Waals surface area contributed by atoms with Crippen LogP contribution in [0.2, 0.25) is 0 Å². The number of nitrogens with one attached hydrogen (secondary N) is 1. The first-order chi connectivity index (χ1) is 8.69. The van der Waals surface area contributed by atoms with E-state index in [1.54, 1.807) is 0 Å². The lowest BCUT2D eigenvalue weighted by Crippen LogP contribution is -2.39.